The monoisotopic (exact) mass is 261 g/mol. The van der Waals surface area contributed by atoms with Gasteiger partial charge in [-0.1, -0.05) is 37.5 Å². The fraction of sp³-hybridized carbons (Fsp3) is 0.647. The molecule has 1 fully saturated rings. The standard InChI is InChI=1S/C17H27NO/c1-3-18(16-11-8-7-9-14(16)2)13-15-10-5-4-6-12-17(15)19/h7-9,11,15,17,19H,3-6,10,12-13H2,1-2H3. The van der Waals surface area contributed by atoms with Crippen molar-refractivity contribution in [3.05, 3.63) is 29.8 Å². The van der Waals surface area contributed by atoms with Crippen LogP contribution in [-0.2, 0) is 0 Å². The van der Waals surface area contributed by atoms with E-state index in [4.69, 9.17) is 0 Å². The van der Waals surface area contributed by atoms with Gasteiger partial charge in [-0.15, -0.1) is 0 Å². The maximum atomic E-state index is 10.3. The summed E-state index contributed by atoms with van der Waals surface area (Å²) in [6, 6.07) is 8.56. The van der Waals surface area contributed by atoms with Crippen molar-refractivity contribution in [2.45, 2.75) is 52.1 Å². The first-order valence-corrected chi connectivity index (χ1v) is 7.71. The highest BCUT2D eigenvalue weighted by Crippen LogP contribution is 2.27. The molecular formula is C17H27NO. The molecule has 0 radical (unpaired) electrons. The molecule has 1 N–H and O–H groups in total. The number of aliphatic hydroxyl groups is 1. The lowest BCUT2D eigenvalue weighted by molar-refractivity contribution is 0.104. The van der Waals surface area contributed by atoms with Crippen LogP contribution in [0.2, 0.25) is 0 Å². The van der Waals surface area contributed by atoms with Gasteiger partial charge in [-0.3, -0.25) is 0 Å². The summed E-state index contributed by atoms with van der Waals surface area (Å²) in [5.74, 6) is 0.432. The van der Waals surface area contributed by atoms with Gasteiger partial charge in [0.25, 0.3) is 0 Å². The van der Waals surface area contributed by atoms with Crippen molar-refractivity contribution in [2.75, 3.05) is 18.0 Å². The second-order valence-corrected chi connectivity index (χ2v) is 5.79. The van der Waals surface area contributed by atoms with Gasteiger partial charge in [-0.05, 0) is 38.3 Å². The second-order valence-electron chi connectivity index (χ2n) is 5.79. The Hall–Kier alpha value is -1.02. The first-order chi connectivity index (χ1) is 9.22. The highest BCUT2D eigenvalue weighted by atomic mass is 16.3. The van der Waals surface area contributed by atoms with Gasteiger partial charge in [0.2, 0.25) is 0 Å². The summed E-state index contributed by atoms with van der Waals surface area (Å²) in [4.78, 5) is 2.43. The lowest BCUT2D eigenvalue weighted by atomic mass is 9.96. The van der Waals surface area contributed by atoms with Crippen LogP contribution in [0, 0.1) is 12.8 Å². The molecule has 1 saturated carbocycles. The Kier molecular flexibility index (Phi) is 5.26. The summed E-state index contributed by atoms with van der Waals surface area (Å²) in [5.41, 5.74) is 2.65. The van der Waals surface area contributed by atoms with E-state index in [1.807, 2.05) is 0 Å². The SMILES string of the molecule is CCN(CC1CCCCCC1O)c1ccccc1C. The van der Waals surface area contributed by atoms with E-state index in [0.717, 1.165) is 19.5 Å². The van der Waals surface area contributed by atoms with Gasteiger partial charge in [-0.25, -0.2) is 0 Å². The molecule has 19 heavy (non-hydrogen) atoms. The molecule has 2 nitrogen and oxygen atoms in total. The number of anilines is 1. The molecule has 2 heteroatoms. The predicted molar refractivity (Wildman–Crippen MR) is 81.6 cm³/mol. The molecule has 0 spiro atoms. The fourth-order valence-electron chi connectivity index (χ4n) is 3.18. The second kappa shape index (κ2) is 6.95. The number of benzene rings is 1. The summed E-state index contributed by atoms with van der Waals surface area (Å²) in [6.07, 6.45) is 5.78. The number of aliphatic hydroxyl groups excluding tert-OH is 1. The van der Waals surface area contributed by atoms with Crippen LogP contribution < -0.4 is 4.90 Å². The summed E-state index contributed by atoms with van der Waals surface area (Å²) >= 11 is 0. The molecule has 106 valence electrons. The summed E-state index contributed by atoms with van der Waals surface area (Å²) in [5, 5.41) is 10.3. The third kappa shape index (κ3) is 3.73. The van der Waals surface area contributed by atoms with Crippen molar-refractivity contribution in [3.63, 3.8) is 0 Å². The zero-order chi connectivity index (χ0) is 13.7. The number of hydrogen-bond donors (Lipinski definition) is 1. The van der Waals surface area contributed by atoms with E-state index in [-0.39, 0.29) is 6.10 Å². The smallest absolute Gasteiger partial charge is 0.0585 e. The molecule has 0 amide bonds. The predicted octanol–water partition coefficient (Wildman–Crippen LogP) is 3.76. The molecule has 2 unspecified atom stereocenters. The maximum absolute atomic E-state index is 10.3. The van der Waals surface area contributed by atoms with E-state index in [0.29, 0.717) is 5.92 Å². The first kappa shape index (κ1) is 14.4. The molecule has 0 heterocycles. The Morgan fingerprint density at radius 1 is 1.16 bits per heavy atom. The highest BCUT2D eigenvalue weighted by molar-refractivity contribution is 5.52. The molecule has 1 aromatic carbocycles. The molecule has 2 atom stereocenters. The van der Waals surface area contributed by atoms with E-state index >= 15 is 0 Å². The average Bonchev–Trinajstić information content (AvgIpc) is 2.62. The molecule has 0 bridgehead atoms. The van der Waals surface area contributed by atoms with Crippen molar-refractivity contribution in [2.24, 2.45) is 5.92 Å². The number of aryl methyl sites for hydroxylation is 1. The zero-order valence-electron chi connectivity index (χ0n) is 12.3. The van der Waals surface area contributed by atoms with E-state index in [2.05, 4.69) is 43.0 Å². The van der Waals surface area contributed by atoms with Crippen LogP contribution >= 0.6 is 0 Å². The van der Waals surface area contributed by atoms with Gasteiger partial charge >= 0.3 is 0 Å². The van der Waals surface area contributed by atoms with Crippen molar-refractivity contribution >= 4 is 5.69 Å². The van der Waals surface area contributed by atoms with Crippen LogP contribution in [0.4, 0.5) is 5.69 Å². The first-order valence-electron chi connectivity index (χ1n) is 7.71. The molecule has 2 rings (SSSR count). The van der Waals surface area contributed by atoms with Crippen LogP contribution in [0.3, 0.4) is 0 Å². The minimum absolute atomic E-state index is 0.111. The molecular weight excluding hydrogens is 234 g/mol. The molecule has 0 saturated heterocycles. The zero-order valence-corrected chi connectivity index (χ0v) is 12.3. The number of nitrogens with zero attached hydrogens (tertiary/aromatic N) is 1. The number of hydrogen-bond acceptors (Lipinski definition) is 2. The quantitative estimate of drug-likeness (QED) is 0.834. The van der Waals surface area contributed by atoms with E-state index in [1.165, 1.54) is 36.9 Å². The third-order valence-corrected chi connectivity index (χ3v) is 4.41. The van der Waals surface area contributed by atoms with Gasteiger partial charge in [0.05, 0.1) is 6.10 Å². The van der Waals surface area contributed by atoms with Crippen molar-refractivity contribution in [3.8, 4) is 0 Å². The molecule has 1 aromatic rings. The minimum Gasteiger partial charge on any atom is -0.393 e. The van der Waals surface area contributed by atoms with Gasteiger partial charge in [-0.2, -0.15) is 0 Å². The Labute approximate surface area is 117 Å². The van der Waals surface area contributed by atoms with Crippen LogP contribution in [0.25, 0.3) is 0 Å². The Balaban J connectivity index is 2.08. The van der Waals surface area contributed by atoms with E-state index in [1.54, 1.807) is 0 Å². The fourth-order valence-corrected chi connectivity index (χ4v) is 3.18. The van der Waals surface area contributed by atoms with Crippen LogP contribution in [0.15, 0.2) is 24.3 Å². The Morgan fingerprint density at radius 3 is 2.63 bits per heavy atom. The van der Waals surface area contributed by atoms with Crippen LogP contribution in [0.1, 0.15) is 44.6 Å². The maximum Gasteiger partial charge on any atom is 0.0585 e. The van der Waals surface area contributed by atoms with Gasteiger partial charge in [0.15, 0.2) is 0 Å². The molecule has 0 aliphatic heterocycles. The average molecular weight is 261 g/mol. The van der Waals surface area contributed by atoms with Crippen molar-refractivity contribution < 1.29 is 5.11 Å². The number of para-hydroxylation sites is 1. The van der Waals surface area contributed by atoms with Crippen molar-refractivity contribution in [1.29, 1.82) is 0 Å². The van der Waals surface area contributed by atoms with Gasteiger partial charge < -0.3 is 10.0 Å². The lowest BCUT2D eigenvalue weighted by Gasteiger charge is -2.31. The summed E-state index contributed by atoms with van der Waals surface area (Å²) in [6.45, 7) is 6.37. The van der Waals surface area contributed by atoms with E-state index < -0.39 is 0 Å². The highest BCUT2D eigenvalue weighted by Gasteiger charge is 2.24. The Bertz CT molecular complexity index is 391. The van der Waals surface area contributed by atoms with Crippen LogP contribution in [0.5, 0.6) is 0 Å². The molecule has 0 aromatic heterocycles. The Morgan fingerprint density at radius 2 is 1.89 bits per heavy atom. The summed E-state index contributed by atoms with van der Waals surface area (Å²) < 4.78 is 0. The van der Waals surface area contributed by atoms with E-state index in [9.17, 15) is 5.11 Å². The van der Waals surface area contributed by atoms with Gasteiger partial charge in [0.1, 0.15) is 0 Å². The topological polar surface area (TPSA) is 23.5 Å². The lowest BCUT2D eigenvalue weighted by Crippen LogP contribution is -2.35. The van der Waals surface area contributed by atoms with Crippen LogP contribution in [-0.4, -0.2) is 24.3 Å². The van der Waals surface area contributed by atoms with Gasteiger partial charge in [0, 0.05) is 24.7 Å². The number of rotatable bonds is 4. The molecule has 1 aliphatic carbocycles. The third-order valence-electron chi connectivity index (χ3n) is 4.41. The van der Waals surface area contributed by atoms with Crippen molar-refractivity contribution in [1.82, 2.24) is 0 Å². The minimum atomic E-state index is -0.111. The molecule has 1 aliphatic rings. The summed E-state index contributed by atoms with van der Waals surface area (Å²) in [7, 11) is 0. The largest absolute Gasteiger partial charge is 0.393 e. The normalized spacial score (nSPS) is 23.9.